The Morgan fingerprint density at radius 1 is 0.591 bits per heavy atom. The summed E-state index contributed by atoms with van der Waals surface area (Å²) in [5.41, 5.74) is 2.78. The SMILES string of the molecule is C.CC(C)(C)OC(=O)N1CCN(c2cccc3c2C(=O)C(=O)N3Cc2cccc(F)c2)CC1.CC(C)(C)OC(=O)N1CCNCC1.O=C1C(=O)N(Cc2cccc(F)c2)c2cccc(Br)c21. The van der Waals surface area contributed by atoms with Gasteiger partial charge in [-0.2, -0.15) is 0 Å². The van der Waals surface area contributed by atoms with Crippen molar-refractivity contribution in [3.05, 3.63) is 123 Å². The van der Waals surface area contributed by atoms with Gasteiger partial charge in [-0.15, -0.1) is 0 Å². The van der Waals surface area contributed by atoms with Crippen LogP contribution in [0.1, 0.15) is 80.8 Å². The Bertz CT molecular complexity index is 2460. The molecule has 4 aromatic rings. The van der Waals surface area contributed by atoms with E-state index in [2.05, 4.69) is 21.2 Å². The molecule has 0 aliphatic carbocycles. The second kappa shape index (κ2) is 21.4. The van der Waals surface area contributed by atoms with Crippen LogP contribution in [0.15, 0.2) is 89.4 Å². The van der Waals surface area contributed by atoms with Crippen LogP contribution in [0, 0.1) is 11.6 Å². The number of Topliss-reactive ketones (excluding diaryl/α,β-unsaturated/α-hetero) is 2. The second-order valence-electron chi connectivity index (χ2n) is 17.7. The Labute approximate surface area is 392 Å². The molecule has 66 heavy (non-hydrogen) atoms. The molecule has 4 aromatic carbocycles. The Kier molecular flexibility index (Phi) is 16.5. The van der Waals surface area contributed by atoms with Crippen LogP contribution in [0.2, 0.25) is 0 Å². The standard InChI is InChI=1S/C24H26FN3O4.C15H9BrFNO2.C9H18N2O2.CH4/c1-24(2,3)32-23(31)27-12-10-26(11-13-27)18-8-5-9-19-20(18)21(29)22(30)28(19)15-16-6-4-7-17(25)14-16;16-11-5-2-6-12-13(11)14(19)15(20)18(12)8-9-3-1-4-10(17)7-9;1-9(2,3)13-8(12)11-6-4-10-5-7-11;/h4-9,14H,10-13,15H2,1-3H3;1-7H,8H2;10H,4-7H2,1-3H3;1H4. The predicted molar refractivity (Wildman–Crippen MR) is 252 cm³/mol. The Morgan fingerprint density at radius 3 is 1.47 bits per heavy atom. The molecule has 0 bridgehead atoms. The van der Waals surface area contributed by atoms with Crippen LogP contribution in [0.4, 0.5) is 35.4 Å². The summed E-state index contributed by atoms with van der Waals surface area (Å²) in [5.74, 6) is -3.07. The molecule has 0 saturated carbocycles. The molecule has 2 saturated heterocycles. The van der Waals surface area contributed by atoms with Crippen molar-refractivity contribution in [3.8, 4) is 0 Å². The molecule has 0 aromatic heterocycles. The van der Waals surface area contributed by atoms with Gasteiger partial charge < -0.3 is 39.3 Å². The minimum Gasteiger partial charge on any atom is -0.444 e. The normalized spacial score (nSPS) is 15.8. The lowest BCUT2D eigenvalue weighted by Crippen LogP contribution is -2.50. The van der Waals surface area contributed by atoms with Crippen LogP contribution in [0.25, 0.3) is 0 Å². The zero-order valence-corrected chi connectivity index (χ0v) is 38.9. The summed E-state index contributed by atoms with van der Waals surface area (Å²) in [4.78, 5) is 81.7. The number of halogens is 3. The molecule has 17 heteroatoms. The second-order valence-corrected chi connectivity index (χ2v) is 18.5. The molecule has 0 atom stereocenters. The predicted octanol–water partition coefficient (Wildman–Crippen LogP) is 8.39. The lowest BCUT2D eigenvalue weighted by atomic mass is 10.1. The average molecular weight is 976 g/mol. The van der Waals surface area contributed by atoms with Crippen LogP contribution in [-0.4, -0.2) is 109 Å². The van der Waals surface area contributed by atoms with Gasteiger partial charge in [0.1, 0.15) is 22.8 Å². The van der Waals surface area contributed by atoms with Gasteiger partial charge >= 0.3 is 12.2 Å². The molecule has 4 amide bonds. The summed E-state index contributed by atoms with van der Waals surface area (Å²) in [5, 5.41) is 3.18. The van der Waals surface area contributed by atoms with Crippen molar-refractivity contribution in [3.63, 3.8) is 0 Å². The van der Waals surface area contributed by atoms with Crippen LogP contribution >= 0.6 is 15.9 Å². The number of hydrogen-bond acceptors (Lipinski definition) is 10. The van der Waals surface area contributed by atoms with E-state index in [1.807, 2.05) is 52.5 Å². The number of ether oxygens (including phenoxy) is 2. The van der Waals surface area contributed by atoms with Crippen molar-refractivity contribution in [1.82, 2.24) is 15.1 Å². The molecule has 8 rings (SSSR count). The molecular weight excluding hydrogens is 918 g/mol. The van der Waals surface area contributed by atoms with Crippen molar-refractivity contribution in [2.24, 2.45) is 0 Å². The van der Waals surface area contributed by atoms with Crippen LogP contribution in [0.3, 0.4) is 0 Å². The third-order valence-corrected chi connectivity index (χ3v) is 11.1. The maximum atomic E-state index is 13.6. The van der Waals surface area contributed by atoms with Gasteiger partial charge in [-0.05, 0) is 117 Å². The third kappa shape index (κ3) is 12.6. The van der Waals surface area contributed by atoms with E-state index >= 15 is 0 Å². The van der Waals surface area contributed by atoms with Crippen molar-refractivity contribution < 1.29 is 47.0 Å². The molecule has 14 nitrogen and oxygen atoms in total. The number of piperazine rings is 2. The van der Waals surface area contributed by atoms with E-state index in [-0.39, 0.29) is 44.1 Å². The van der Waals surface area contributed by atoms with E-state index in [0.29, 0.717) is 70.0 Å². The molecule has 4 aliphatic rings. The number of rotatable bonds is 5. The fraction of sp³-hybridized carbons (Fsp3) is 0.388. The minimum atomic E-state index is -0.621. The number of carbonyl (C=O) groups is 6. The summed E-state index contributed by atoms with van der Waals surface area (Å²) in [6.07, 6.45) is -0.558. The number of nitrogens with one attached hydrogen (secondary N) is 1. The van der Waals surface area contributed by atoms with Crippen molar-refractivity contribution in [1.29, 1.82) is 0 Å². The van der Waals surface area contributed by atoms with E-state index in [1.54, 1.807) is 64.4 Å². The highest BCUT2D eigenvalue weighted by atomic mass is 79.9. The van der Waals surface area contributed by atoms with E-state index in [0.717, 1.165) is 26.2 Å². The maximum absolute atomic E-state index is 13.6. The fourth-order valence-corrected chi connectivity index (χ4v) is 8.01. The molecular formula is C49H57BrF2N6O8. The highest BCUT2D eigenvalue weighted by Gasteiger charge is 2.40. The number of nitrogens with zero attached hydrogens (tertiary/aromatic N) is 5. The number of amides is 4. The first-order chi connectivity index (χ1) is 30.7. The van der Waals surface area contributed by atoms with E-state index in [9.17, 15) is 37.5 Å². The first-order valence-electron chi connectivity index (χ1n) is 21.2. The molecule has 2 fully saturated rings. The summed E-state index contributed by atoms with van der Waals surface area (Å²) in [7, 11) is 0. The largest absolute Gasteiger partial charge is 0.444 e. The van der Waals surface area contributed by atoms with Crippen LogP contribution in [-0.2, 0) is 32.2 Å². The van der Waals surface area contributed by atoms with Gasteiger partial charge in [0, 0.05) is 56.8 Å². The molecule has 0 unspecified atom stereocenters. The quantitative estimate of drug-likeness (QED) is 0.193. The van der Waals surface area contributed by atoms with Gasteiger partial charge in [0.25, 0.3) is 23.4 Å². The number of carbonyl (C=O) groups excluding carboxylic acids is 6. The summed E-state index contributed by atoms with van der Waals surface area (Å²) < 4.78 is 38.0. The lowest BCUT2D eigenvalue weighted by Gasteiger charge is -2.37. The monoisotopic (exact) mass is 974 g/mol. The highest BCUT2D eigenvalue weighted by molar-refractivity contribution is 9.10. The number of hydrogen-bond donors (Lipinski definition) is 1. The van der Waals surface area contributed by atoms with Crippen LogP contribution in [0.5, 0.6) is 0 Å². The number of anilines is 3. The molecule has 4 aliphatic heterocycles. The van der Waals surface area contributed by atoms with Gasteiger partial charge in [-0.3, -0.25) is 19.2 Å². The van der Waals surface area contributed by atoms with Gasteiger partial charge in [0.15, 0.2) is 0 Å². The third-order valence-electron chi connectivity index (χ3n) is 10.4. The molecule has 0 radical (unpaired) electrons. The Morgan fingerprint density at radius 2 is 1.00 bits per heavy atom. The van der Waals surface area contributed by atoms with Gasteiger partial charge in [0.2, 0.25) is 0 Å². The Balaban J connectivity index is 0.000000205. The van der Waals surface area contributed by atoms with Crippen molar-refractivity contribution in [2.75, 3.05) is 67.1 Å². The zero-order valence-electron chi connectivity index (χ0n) is 37.3. The van der Waals surface area contributed by atoms with Gasteiger partial charge in [-0.1, -0.05) is 43.8 Å². The molecule has 352 valence electrons. The summed E-state index contributed by atoms with van der Waals surface area (Å²) in [6, 6.07) is 22.5. The first-order valence-corrected chi connectivity index (χ1v) is 22.0. The van der Waals surface area contributed by atoms with E-state index in [1.165, 1.54) is 34.1 Å². The van der Waals surface area contributed by atoms with Crippen molar-refractivity contribution >= 4 is 68.6 Å². The van der Waals surface area contributed by atoms with Crippen molar-refractivity contribution in [2.45, 2.75) is 73.3 Å². The fourth-order valence-electron chi connectivity index (χ4n) is 7.47. The summed E-state index contributed by atoms with van der Waals surface area (Å²) >= 11 is 3.28. The molecule has 4 heterocycles. The van der Waals surface area contributed by atoms with E-state index in [4.69, 9.17) is 9.47 Å². The molecule has 0 spiro atoms. The smallest absolute Gasteiger partial charge is 0.410 e. The number of benzene rings is 4. The number of fused-ring (bicyclic) bond motifs is 2. The minimum absolute atomic E-state index is 0. The highest BCUT2D eigenvalue weighted by Crippen LogP contribution is 2.38. The topological polar surface area (TPSA) is 149 Å². The Hall–Kier alpha value is -6.20. The van der Waals surface area contributed by atoms with Crippen LogP contribution < -0.4 is 20.0 Å². The van der Waals surface area contributed by atoms with E-state index < -0.39 is 34.8 Å². The molecule has 1 N–H and O–H groups in total. The number of ketones is 2. The maximum Gasteiger partial charge on any atom is 0.410 e. The van der Waals surface area contributed by atoms with Gasteiger partial charge in [-0.25, -0.2) is 18.4 Å². The zero-order chi connectivity index (χ0) is 47.2. The lowest BCUT2D eigenvalue weighted by molar-refractivity contribution is -0.115. The summed E-state index contributed by atoms with van der Waals surface area (Å²) in [6.45, 7) is 16.6. The van der Waals surface area contributed by atoms with Gasteiger partial charge in [0.05, 0.1) is 41.3 Å². The average Bonchev–Trinajstić information content (AvgIpc) is 3.64. The first kappa shape index (κ1) is 50.8.